The first kappa shape index (κ1) is 11.4. The quantitative estimate of drug-likeness (QED) is 0.799. The van der Waals surface area contributed by atoms with Crippen molar-refractivity contribution in [2.45, 2.75) is 5.33 Å². The smallest absolute Gasteiger partial charge is 0.231 e. The fourth-order valence-electron chi connectivity index (χ4n) is 1.72. The highest BCUT2D eigenvalue weighted by molar-refractivity contribution is 9.08. The van der Waals surface area contributed by atoms with Gasteiger partial charge in [-0.25, -0.2) is 0 Å². The van der Waals surface area contributed by atoms with Crippen molar-refractivity contribution in [2.75, 3.05) is 6.79 Å². The maximum Gasteiger partial charge on any atom is 0.231 e. The summed E-state index contributed by atoms with van der Waals surface area (Å²) in [5.41, 5.74) is 1.22. The minimum Gasteiger partial charge on any atom is -0.457 e. The van der Waals surface area contributed by atoms with Crippen LogP contribution in [0.15, 0.2) is 42.5 Å². The number of benzene rings is 2. The summed E-state index contributed by atoms with van der Waals surface area (Å²) in [5, 5.41) is 0.845. The van der Waals surface area contributed by atoms with Crippen LogP contribution in [0.4, 0.5) is 0 Å². The lowest BCUT2D eigenvalue weighted by molar-refractivity contribution is 0.174. The number of halogens is 1. The van der Waals surface area contributed by atoms with Crippen LogP contribution in [0, 0.1) is 0 Å². The highest BCUT2D eigenvalue weighted by atomic mass is 79.9. The zero-order valence-corrected chi connectivity index (χ0v) is 11.1. The van der Waals surface area contributed by atoms with Gasteiger partial charge in [-0.05, 0) is 29.8 Å². The maximum absolute atomic E-state index is 5.75. The molecule has 1 aliphatic rings. The van der Waals surface area contributed by atoms with Gasteiger partial charge in [0.05, 0.1) is 0 Å². The zero-order valence-electron chi connectivity index (χ0n) is 9.56. The first-order valence-corrected chi connectivity index (χ1v) is 6.70. The molecule has 0 amide bonds. The molecule has 4 heteroatoms. The molecule has 3 nitrogen and oxygen atoms in total. The molecular weight excluding hydrogens is 296 g/mol. The van der Waals surface area contributed by atoms with E-state index in [2.05, 4.69) is 15.9 Å². The van der Waals surface area contributed by atoms with E-state index in [1.165, 1.54) is 5.56 Å². The van der Waals surface area contributed by atoms with E-state index >= 15 is 0 Å². The summed E-state index contributed by atoms with van der Waals surface area (Å²) >= 11 is 3.41. The molecule has 0 spiro atoms. The molecule has 0 N–H and O–H groups in total. The van der Waals surface area contributed by atoms with Crippen molar-refractivity contribution in [3.8, 4) is 23.0 Å². The molecule has 2 aromatic carbocycles. The summed E-state index contributed by atoms with van der Waals surface area (Å²) in [6.07, 6.45) is 0. The topological polar surface area (TPSA) is 27.7 Å². The van der Waals surface area contributed by atoms with Crippen LogP contribution in [0.1, 0.15) is 5.56 Å². The van der Waals surface area contributed by atoms with Crippen molar-refractivity contribution in [1.29, 1.82) is 0 Å². The molecule has 0 saturated carbocycles. The summed E-state index contributed by atoms with van der Waals surface area (Å²) < 4.78 is 16.3. The number of fused-ring (bicyclic) bond motifs is 1. The van der Waals surface area contributed by atoms with Gasteiger partial charge in [0.25, 0.3) is 0 Å². The van der Waals surface area contributed by atoms with E-state index in [9.17, 15) is 0 Å². The van der Waals surface area contributed by atoms with Crippen LogP contribution in [0.3, 0.4) is 0 Å². The zero-order chi connectivity index (χ0) is 12.4. The molecule has 92 valence electrons. The summed E-state index contributed by atoms with van der Waals surface area (Å²) in [5.74, 6) is 3.03. The van der Waals surface area contributed by atoms with Crippen molar-refractivity contribution < 1.29 is 14.2 Å². The van der Waals surface area contributed by atoms with Crippen molar-refractivity contribution in [3.05, 3.63) is 48.0 Å². The lowest BCUT2D eigenvalue weighted by atomic mass is 10.2. The number of hydrogen-bond acceptors (Lipinski definition) is 3. The maximum atomic E-state index is 5.75. The molecule has 0 fully saturated rings. The molecule has 0 unspecified atom stereocenters. The van der Waals surface area contributed by atoms with Crippen LogP contribution in [0.2, 0.25) is 0 Å². The first-order valence-electron chi connectivity index (χ1n) is 5.57. The molecule has 0 aliphatic carbocycles. The van der Waals surface area contributed by atoms with Crippen molar-refractivity contribution in [2.24, 2.45) is 0 Å². The number of alkyl halides is 1. The Morgan fingerprint density at radius 1 is 0.944 bits per heavy atom. The van der Waals surface area contributed by atoms with Gasteiger partial charge in [-0.1, -0.05) is 28.1 Å². The predicted molar refractivity (Wildman–Crippen MR) is 71.7 cm³/mol. The lowest BCUT2D eigenvalue weighted by Gasteiger charge is -2.06. The van der Waals surface area contributed by atoms with Gasteiger partial charge < -0.3 is 14.2 Å². The predicted octanol–water partition coefficient (Wildman–Crippen LogP) is 4.10. The van der Waals surface area contributed by atoms with E-state index in [1.807, 2.05) is 42.5 Å². The highest BCUT2D eigenvalue weighted by Crippen LogP contribution is 2.36. The van der Waals surface area contributed by atoms with Crippen molar-refractivity contribution >= 4 is 15.9 Å². The summed E-state index contributed by atoms with van der Waals surface area (Å²) in [7, 11) is 0. The Labute approximate surface area is 113 Å². The Morgan fingerprint density at radius 2 is 1.67 bits per heavy atom. The molecule has 1 heterocycles. The third kappa shape index (κ3) is 2.29. The van der Waals surface area contributed by atoms with Gasteiger partial charge >= 0.3 is 0 Å². The molecule has 18 heavy (non-hydrogen) atoms. The Balaban J connectivity index is 1.79. The highest BCUT2D eigenvalue weighted by Gasteiger charge is 2.13. The van der Waals surface area contributed by atoms with Crippen molar-refractivity contribution in [1.82, 2.24) is 0 Å². The van der Waals surface area contributed by atoms with Gasteiger partial charge in [0, 0.05) is 11.4 Å². The van der Waals surface area contributed by atoms with Gasteiger partial charge in [-0.15, -0.1) is 0 Å². The van der Waals surface area contributed by atoms with E-state index in [4.69, 9.17) is 14.2 Å². The Bertz CT molecular complexity index is 551. The van der Waals surface area contributed by atoms with E-state index in [1.54, 1.807) is 0 Å². The normalized spacial score (nSPS) is 12.5. The summed E-state index contributed by atoms with van der Waals surface area (Å²) in [6, 6.07) is 13.5. The number of ether oxygens (including phenoxy) is 3. The molecule has 3 rings (SSSR count). The van der Waals surface area contributed by atoms with E-state index < -0.39 is 0 Å². The fourth-order valence-corrected chi connectivity index (χ4v) is 2.10. The molecule has 0 saturated heterocycles. The second kappa shape index (κ2) is 4.90. The third-order valence-corrected chi connectivity index (χ3v) is 3.30. The largest absolute Gasteiger partial charge is 0.457 e. The van der Waals surface area contributed by atoms with Crippen LogP contribution in [0.25, 0.3) is 0 Å². The average molecular weight is 307 g/mol. The summed E-state index contributed by atoms with van der Waals surface area (Å²) in [6.45, 7) is 0.277. The SMILES string of the molecule is BrCc1ccc(Oc2ccc3c(c2)OCO3)cc1. The van der Waals surface area contributed by atoms with Crippen LogP contribution < -0.4 is 14.2 Å². The number of rotatable bonds is 3. The Hall–Kier alpha value is -1.68. The van der Waals surface area contributed by atoms with E-state index in [0.717, 1.165) is 28.3 Å². The second-order valence-corrected chi connectivity index (χ2v) is 4.46. The van der Waals surface area contributed by atoms with Gasteiger partial charge in [0.15, 0.2) is 11.5 Å². The molecule has 0 bridgehead atoms. The molecule has 0 atom stereocenters. The summed E-state index contributed by atoms with van der Waals surface area (Å²) in [4.78, 5) is 0. The average Bonchev–Trinajstić information content (AvgIpc) is 2.87. The molecular formula is C14H11BrO3. The van der Waals surface area contributed by atoms with Crippen LogP contribution in [-0.4, -0.2) is 6.79 Å². The lowest BCUT2D eigenvalue weighted by Crippen LogP contribution is -1.92. The minimum absolute atomic E-state index is 0.277. The van der Waals surface area contributed by atoms with Gasteiger partial charge in [-0.2, -0.15) is 0 Å². The third-order valence-electron chi connectivity index (χ3n) is 2.66. The van der Waals surface area contributed by atoms with Gasteiger partial charge in [-0.3, -0.25) is 0 Å². The molecule has 0 aromatic heterocycles. The fraction of sp³-hybridized carbons (Fsp3) is 0.143. The van der Waals surface area contributed by atoms with Crippen LogP contribution in [0.5, 0.6) is 23.0 Å². The second-order valence-electron chi connectivity index (χ2n) is 3.89. The minimum atomic E-state index is 0.277. The van der Waals surface area contributed by atoms with Gasteiger partial charge in [0.2, 0.25) is 6.79 Å². The van der Waals surface area contributed by atoms with Crippen LogP contribution >= 0.6 is 15.9 Å². The Kier molecular flexibility index (Phi) is 3.11. The Morgan fingerprint density at radius 3 is 2.44 bits per heavy atom. The molecule has 1 aliphatic heterocycles. The van der Waals surface area contributed by atoms with E-state index in [0.29, 0.717) is 0 Å². The van der Waals surface area contributed by atoms with E-state index in [-0.39, 0.29) is 6.79 Å². The standard InChI is InChI=1S/C14H11BrO3/c15-8-10-1-3-11(4-2-10)18-12-5-6-13-14(7-12)17-9-16-13/h1-7H,8-9H2. The van der Waals surface area contributed by atoms with Crippen molar-refractivity contribution in [3.63, 3.8) is 0 Å². The molecule has 0 radical (unpaired) electrons. The monoisotopic (exact) mass is 306 g/mol. The number of hydrogen-bond donors (Lipinski definition) is 0. The first-order chi connectivity index (χ1) is 8.85. The van der Waals surface area contributed by atoms with Gasteiger partial charge in [0.1, 0.15) is 11.5 Å². The molecule has 2 aromatic rings. The van der Waals surface area contributed by atoms with Crippen LogP contribution in [-0.2, 0) is 5.33 Å².